The highest BCUT2D eigenvalue weighted by molar-refractivity contribution is 6.30. The molecule has 1 N–H and O–H groups in total. The molecule has 1 fully saturated rings. The van der Waals surface area contributed by atoms with E-state index in [-0.39, 0.29) is 5.92 Å². The molecule has 1 amide bonds. The zero-order valence-electron chi connectivity index (χ0n) is 14.0. The molecule has 0 saturated carbocycles. The first kappa shape index (κ1) is 17.7. The molecule has 132 valence electrons. The molecule has 1 saturated heterocycles. The summed E-state index contributed by atoms with van der Waals surface area (Å²) in [5, 5.41) is 10.3. The molecule has 25 heavy (non-hydrogen) atoms. The number of benzene rings is 2. The molecule has 0 aliphatic carbocycles. The lowest BCUT2D eigenvalue weighted by Crippen LogP contribution is -2.35. The molecule has 2 aromatic rings. The van der Waals surface area contributed by atoms with E-state index in [1.807, 2.05) is 7.05 Å². The van der Waals surface area contributed by atoms with Crippen molar-refractivity contribution in [3.63, 3.8) is 0 Å². The van der Waals surface area contributed by atoms with Gasteiger partial charge >= 0.3 is 6.09 Å². The van der Waals surface area contributed by atoms with Crippen LogP contribution in [0.2, 0.25) is 5.02 Å². The number of hydrogen-bond acceptors (Lipinski definition) is 2. The van der Waals surface area contributed by atoms with Gasteiger partial charge in [-0.25, -0.2) is 9.18 Å². The molecule has 1 heterocycles. The molecular formula is C19H20ClFN2O2. The average Bonchev–Trinajstić information content (AvgIpc) is 2.98. The molecule has 6 heteroatoms. The van der Waals surface area contributed by atoms with Gasteiger partial charge in [-0.05, 0) is 61.8 Å². The second-order valence-electron chi connectivity index (χ2n) is 6.48. The normalized spacial score (nSPS) is 17.6. The van der Waals surface area contributed by atoms with E-state index in [4.69, 9.17) is 11.6 Å². The molecule has 1 aliphatic heterocycles. The Bertz CT molecular complexity index is 784. The van der Waals surface area contributed by atoms with Gasteiger partial charge in [0.25, 0.3) is 0 Å². The molecule has 0 radical (unpaired) electrons. The van der Waals surface area contributed by atoms with E-state index in [1.165, 1.54) is 23.1 Å². The van der Waals surface area contributed by atoms with E-state index < -0.39 is 11.9 Å². The molecule has 1 aliphatic rings. The second kappa shape index (κ2) is 7.42. The number of nitrogens with zero attached hydrogens (tertiary/aromatic N) is 2. The number of carboxylic acid groups (broad SMARTS) is 1. The average molecular weight is 363 g/mol. The lowest BCUT2D eigenvalue weighted by molar-refractivity contribution is 0.200. The fourth-order valence-electron chi connectivity index (χ4n) is 3.34. The monoisotopic (exact) mass is 362 g/mol. The Kier molecular flexibility index (Phi) is 5.25. The van der Waals surface area contributed by atoms with E-state index in [0.717, 1.165) is 19.5 Å². The molecule has 0 unspecified atom stereocenters. The maximum atomic E-state index is 13.8. The first-order chi connectivity index (χ1) is 11.9. The Morgan fingerprint density at radius 3 is 2.80 bits per heavy atom. The van der Waals surface area contributed by atoms with Gasteiger partial charge in [-0.3, -0.25) is 4.90 Å². The lowest BCUT2D eigenvalue weighted by atomic mass is 10.0. The van der Waals surface area contributed by atoms with Crippen LogP contribution in [0, 0.1) is 11.7 Å². The van der Waals surface area contributed by atoms with Gasteiger partial charge in [-0.1, -0.05) is 23.7 Å². The molecule has 2 aromatic carbocycles. The number of hydrogen-bond donors (Lipinski definition) is 1. The number of rotatable bonds is 4. The van der Waals surface area contributed by atoms with Gasteiger partial charge < -0.3 is 10.0 Å². The largest absolute Gasteiger partial charge is 0.465 e. The highest BCUT2D eigenvalue weighted by Gasteiger charge is 2.27. The second-order valence-corrected chi connectivity index (χ2v) is 6.92. The molecule has 0 spiro atoms. The first-order valence-corrected chi connectivity index (χ1v) is 8.56. The van der Waals surface area contributed by atoms with Crippen LogP contribution in [0.3, 0.4) is 0 Å². The van der Waals surface area contributed by atoms with Crippen molar-refractivity contribution in [3.05, 3.63) is 53.3 Å². The fourth-order valence-corrected chi connectivity index (χ4v) is 3.53. The Balaban J connectivity index is 2.00. The van der Waals surface area contributed by atoms with Crippen molar-refractivity contribution < 1.29 is 14.3 Å². The Morgan fingerprint density at radius 2 is 2.16 bits per heavy atom. The summed E-state index contributed by atoms with van der Waals surface area (Å²) in [6, 6.07) is 11.2. The van der Waals surface area contributed by atoms with Gasteiger partial charge in [0.05, 0.1) is 5.69 Å². The molecule has 3 rings (SSSR count). The van der Waals surface area contributed by atoms with E-state index in [2.05, 4.69) is 4.90 Å². The van der Waals surface area contributed by atoms with Crippen molar-refractivity contribution in [2.24, 2.45) is 5.92 Å². The lowest BCUT2D eigenvalue weighted by Gasteiger charge is -2.25. The summed E-state index contributed by atoms with van der Waals surface area (Å²) in [6.45, 7) is 2.21. The highest BCUT2D eigenvalue weighted by atomic mass is 35.5. The first-order valence-electron chi connectivity index (χ1n) is 8.18. The van der Waals surface area contributed by atoms with Crippen LogP contribution in [0.5, 0.6) is 0 Å². The maximum Gasteiger partial charge on any atom is 0.411 e. The Labute approximate surface area is 151 Å². The van der Waals surface area contributed by atoms with Crippen molar-refractivity contribution in [2.75, 3.05) is 31.6 Å². The van der Waals surface area contributed by atoms with Crippen molar-refractivity contribution in [2.45, 2.75) is 6.42 Å². The Hall–Kier alpha value is -2.11. The summed E-state index contributed by atoms with van der Waals surface area (Å²) in [6.07, 6.45) is -0.0852. The number of likely N-dealkylation sites (tertiary alicyclic amines) is 1. The van der Waals surface area contributed by atoms with E-state index in [1.54, 1.807) is 24.3 Å². The van der Waals surface area contributed by atoms with Crippen LogP contribution in [0.25, 0.3) is 11.1 Å². The number of halogens is 2. The predicted molar refractivity (Wildman–Crippen MR) is 97.8 cm³/mol. The number of anilines is 1. The fraction of sp³-hybridized carbons (Fsp3) is 0.316. The minimum absolute atomic E-state index is 0.262. The molecular weight excluding hydrogens is 343 g/mol. The van der Waals surface area contributed by atoms with E-state index in [0.29, 0.717) is 28.4 Å². The van der Waals surface area contributed by atoms with Crippen molar-refractivity contribution in [3.8, 4) is 11.1 Å². The summed E-state index contributed by atoms with van der Waals surface area (Å²) in [7, 11) is 2.03. The Morgan fingerprint density at radius 1 is 1.36 bits per heavy atom. The van der Waals surface area contributed by atoms with Gasteiger partial charge in [0.2, 0.25) is 0 Å². The topological polar surface area (TPSA) is 43.8 Å². The van der Waals surface area contributed by atoms with Crippen LogP contribution < -0.4 is 4.90 Å². The molecule has 1 atom stereocenters. The molecule has 4 nitrogen and oxygen atoms in total. The zero-order chi connectivity index (χ0) is 18.0. The van der Waals surface area contributed by atoms with Gasteiger partial charge in [-0.2, -0.15) is 0 Å². The minimum atomic E-state index is -1.04. The third kappa shape index (κ3) is 4.11. The van der Waals surface area contributed by atoms with Gasteiger partial charge in [0, 0.05) is 23.7 Å². The van der Waals surface area contributed by atoms with E-state index in [9.17, 15) is 14.3 Å². The summed E-state index contributed by atoms with van der Waals surface area (Å²) in [5.74, 6) is -0.150. The summed E-state index contributed by atoms with van der Waals surface area (Å²) in [4.78, 5) is 15.4. The van der Waals surface area contributed by atoms with Gasteiger partial charge in [0.15, 0.2) is 0 Å². The zero-order valence-corrected chi connectivity index (χ0v) is 14.7. The SMILES string of the molecule is CN1CC[C@@H](CN(C(=O)O)c2ccc(F)cc2-c2cccc(Cl)c2)C1. The van der Waals surface area contributed by atoms with Crippen LogP contribution in [0.1, 0.15) is 6.42 Å². The van der Waals surface area contributed by atoms with E-state index >= 15 is 0 Å². The summed E-state index contributed by atoms with van der Waals surface area (Å²) in [5.41, 5.74) is 1.69. The minimum Gasteiger partial charge on any atom is -0.465 e. The maximum absolute atomic E-state index is 13.8. The molecule has 0 bridgehead atoms. The standard InChI is InChI=1S/C19H20ClFN2O2/c1-22-8-7-13(11-22)12-23(19(24)25)18-6-5-16(21)10-17(18)14-3-2-4-15(20)9-14/h2-6,9-10,13H,7-8,11-12H2,1H3,(H,24,25)/t13-/m1/s1. The van der Waals surface area contributed by atoms with Crippen LogP contribution in [0.15, 0.2) is 42.5 Å². The van der Waals surface area contributed by atoms with Crippen molar-refractivity contribution >= 4 is 23.4 Å². The molecule has 0 aromatic heterocycles. The quantitative estimate of drug-likeness (QED) is 0.865. The third-order valence-corrected chi connectivity index (χ3v) is 4.78. The summed E-state index contributed by atoms with van der Waals surface area (Å²) >= 11 is 6.05. The van der Waals surface area contributed by atoms with Crippen LogP contribution in [0.4, 0.5) is 14.9 Å². The highest BCUT2D eigenvalue weighted by Crippen LogP contribution is 2.34. The van der Waals surface area contributed by atoms with Gasteiger partial charge in [0.1, 0.15) is 5.82 Å². The predicted octanol–water partition coefficient (Wildman–Crippen LogP) is 4.58. The van der Waals surface area contributed by atoms with Crippen LogP contribution in [-0.2, 0) is 0 Å². The van der Waals surface area contributed by atoms with Crippen molar-refractivity contribution in [1.82, 2.24) is 4.90 Å². The van der Waals surface area contributed by atoms with Crippen LogP contribution in [-0.4, -0.2) is 42.8 Å². The van der Waals surface area contributed by atoms with Gasteiger partial charge in [-0.15, -0.1) is 0 Å². The third-order valence-electron chi connectivity index (χ3n) is 4.55. The smallest absolute Gasteiger partial charge is 0.411 e. The van der Waals surface area contributed by atoms with Crippen LogP contribution >= 0.6 is 11.6 Å². The van der Waals surface area contributed by atoms with Crippen molar-refractivity contribution in [1.29, 1.82) is 0 Å². The number of amides is 1. The summed E-state index contributed by atoms with van der Waals surface area (Å²) < 4.78 is 13.8. The number of carbonyl (C=O) groups is 1.